The third-order valence-corrected chi connectivity index (χ3v) is 4.86. The number of piperidine rings is 1. The molecule has 2 aromatic carbocycles. The van der Waals surface area contributed by atoms with Gasteiger partial charge in [-0.1, -0.05) is 6.07 Å². The molecule has 1 N–H and O–H groups in total. The number of carbonyl (C=O) groups excluding carboxylic acids is 2. The van der Waals surface area contributed by atoms with Crippen molar-refractivity contribution >= 4 is 17.5 Å². The Balaban J connectivity index is 1.59. The van der Waals surface area contributed by atoms with Crippen LogP contribution in [0.4, 0.5) is 10.1 Å². The van der Waals surface area contributed by atoms with Gasteiger partial charge in [-0.3, -0.25) is 9.59 Å². The molecule has 5 nitrogen and oxygen atoms in total. The van der Waals surface area contributed by atoms with Gasteiger partial charge in [0.15, 0.2) is 0 Å². The Morgan fingerprint density at radius 1 is 1.11 bits per heavy atom. The lowest BCUT2D eigenvalue weighted by atomic mass is 9.95. The maximum absolute atomic E-state index is 13.0. The molecule has 2 aromatic rings. The number of nitrogens with one attached hydrogen (secondary N) is 1. The van der Waals surface area contributed by atoms with Crippen molar-refractivity contribution in [2.45, 2.75) is 19.8 Å². The molecule has 0 saturated carbocycles. The first kappa shape index (κ1) is 18.9. The predicted molar refractivity (Wildman–Crippen MR) is 101 cm³/mol. The second-order valence-corrected chi connectivity index (χ2v) is 6.77. The Kier molecular flexibility index (Phi) is 5.74. The van der Waals surface area contributed by atoms with E-state index in [0.29, 0.717) is 42.9 Å². The van der Waals surface area contributed by atoms with Crippen molar-refractivity contribution in [2.24, 2.45) is 5.92 Å². The number of likely N-dealkylation sites (tertiary alicyclic amines) is 1. The number of amides is 2. The van der Waals surface area contributed by atoms with E-state index < -0.39 is 0 Å². The van der Waals surface area contributed by atoms with Crippen LogP contribution in [-0.4, -0.2) is 36.9 Å². The van der Waals surface area contributed by atoms with Crippen LogP contribution in [0.25, 0.3) is 0 Å². The van der Waals surface area contributed by atoms with Gasteiger partial charge in [-0.25, -0.2) is 4.39 Å². The van der Waals surface area contributed by atoms with Crippen LogP contribution < -0.4 is 10.1 Å². The summed E-state index contributed by atoms with van der Waals surface area (Å²) in [6, 6.07) is 11.2. The highest BCUT2D eigenvalue weighted by molar-refractivity contribution is 5.96. The zero-order chi connectivity index (χ0) is 19.4. The summed E-state index contributed by atoms with van der Waals surface area (Å²) in [5, 5.41) is 2.94. The zero-order valence-corrected chi connectivity index (χ0v) is 15.5. The predicted octanol–water partition coefficient (Wildman–Crippen LogP) is 3.63. The summed E-state index contributed by atoms with van der Waals surface area (Å²) in [6.45, 7) is 2.95. The van der Waals surface area contributed by atoms with Gasteiger partial charge in [-0.15, -0.1) is 0 Å². The molecule has 0 atom stereocenters. The molecular formula is C21H23FN2O3. The Labute approximate surface area is 158 Å². The van der Waals surface area contributed by atoms with E-state index in [2.05, 4.69) is 5.32 Å². The molecule has 1 saturated heterocycles. The molecule has 142 valence electrons. The minimum Gasteiger partial charge on any atom is -0.495 e. The summed E-state index contributed by atoms with van der Waals surface area (Å²) in [5.41, 5.74) is 2.15. The van der Waals surface area contributed by atoms with E-state index in [4.69, 9.17) is 4.74 Å². The highest BCUT2D eigenvalue weighted by Crippen LogP contribution is 2.27. The van der Waals surface area contributed by atoms with Crippen molar-refractivity contribution in [3.8, 4) is 5.75 Å². The lowest BCUT2D eigenvalue weighted by Gasteiger charge is -2.31. The molecule has 6 heteroatoms. The largest absolute Gasteiger partial charge is 0.495 e. The highest BCUT2D eigenvalue weighted by Gasteiger charge is 2.28. The zero-order valence-electron chi connectivity index (χ0n) is 15.5. The van der Waals surface area contributed by atoms with Crippen molar-refractivity contribution < 1.29 is 18.7 Å². The van der Waals surface area contributed by atoms with E-state index in [1.54, 1.807) is 12.0 Å². The quantitative estimate of drug-likeness (QED) is 0.894. The number of halogens is 1. The number of hydrogen-bond donors (Lipinski definition) is 1. The fourth-order valence-corrected chi connectivity index (χ4v) is 3.27. The van der Waals surface area contributed by atoms with Crippen molar-refractivity contribution in [3.05, 3.63) is 59.4 Å². The summed E-state index contributed by atoms with van der Waals surface area (Å²) in [5.74, 6) is -0.0964. The summed E-state index contributed by atoms with van der Waals surface area (Å²) < 4.78 is 18.3. The van der Waals surface area contributed by atoms with Crippen LogP contribution >= 0.6 is 0 Å². The van der Waals surface area contributed by atoms with Crippen LogP contribution in [0.5, 0.6) is 5.75 Å². The van der Waals surface area contributed by atoms with E-state index in [-0.39, 0.29) is 23.5 Å². The second-order valence-electron chi connectivity index (χ2n) is 6.77. The third-order valence-electron chi connectivity index (χ3n) is 4.86. The standard InChI is InChI=1S/C21H23FN2O3/c1-14-3-8-19(27-2)18(13-14)23-20(25)15-9-11-24(12-10-15)21(26)16-4-6-17(22)7-5-16/h3-8,13,15H,9-12H2,1-2H3,(H,23,25). The Morgan fingerprint density at radius 3 is 2.41 bits per heavy atom. The van der Waals surface area contributed by atoms with Crippen LogP contribution in [-0.2, 0) is 4.79 Å². The molecule has 0 aliphatic carbocycles. The number of rotatable bonds is 4. The van der Waals surface area contributed by atoms with E-state index in [1.165, 1.54) is 24.3 Å². The summed E-state index contributed by atoms with van der Waals surface area (Å²) in [7, 11) is 1.57. The fraction of sp³-hybridized carbons (Fsp3) is 0.333. The average Bonchev–Trinajstić information content (AvgIpc) is 2.68. The molecule has 0 unspecified atom stereocenters. The lowest BCUT2D eigenvalue weighted by molar-refractivity contribution is -0.121. The van der Waals surface area contributed by atoms with Crippen molar-refractivity contribution in [2.75, 3.05) is 25.5 Å². The molecule has 1 fully saturated rings. The molecular weight excluding hydrogens is 347 g/mol. The molecule has 0 aromatic heterocycles. The molecule has 2 amide bonds. The monoisotopic (exact) mass is 370 g/mol. The van der Waals surface area contributed by atoms with Crippen molar-refractivity contribution in [3.63, 3.8) is 0 Å². The van der Waals surface area contributed by atoms with Gasteiger partial charge in [0.25, 0.3) is 5.91 Å². The van der Waals surface area contributed by atoms with Crippen LogP contribution in [0.15, 0.2) is 42.5 Å². The smallest absolute Gasteiger partial charge is 0.253 e. The number of aryl methyl sites for hydroxylation is 1. The first-order valence-electron chi connectivity index (χ1n) is 8.98. The molecule has 0 radical (unpaired) electrons. The Morgan fingerprint density at radius 2 is 1.78 bits per heavy atom. The lowest BCUT2D eigenvalue weighted by Crippen LogP contribution is -2.41. The number of hydrogen-bond acceptors (Lipinski definition) is 3. The van der Waals surface area contributed by atoms with E-state index in [9.17, 15) is 14.0 Å². The first-order chi connectivity index (χ1) is 13.0. The van der Waals surface area contributed by atoms with Crippen molar-refractivity contribution in [1.82, 2.24) is 4.90 Å². The van der Waals surface area contributed by atoms with Gasteiger partial charge in [0.2, 0.25) is 5.91 Å². The SMILES string of the molecule is COc1ccc(C)cc1NC(=O)C1CCN(C(=O)c2ccc(F)cc2)CC1. The molecule has 0 spiro atoms. The maximum Gasteiger partial charge on any atom is 0.253 e. The minimum atomic E-state index is -0.367. The number of benzene rings is 2. The average molecular weight is 370 g/mol. The first-order valence-corrected chi connectivity index (χ1v) is 8.98. The number of nitrogens with zero attached hydrogens (tertiary/aromatic N) is 1. The normalized spacial score (nSPS) is 14.7. The summed E-state index contributed by atoms with van der Waals surface area (Å²) in [6.07, 6.45) is 1.18. The molecule has 3 rings (SSSR count). The fourth-order valence-electron chi connectivity index (χ4n) is 3.27. The van der Waals surface area contributed by atoms with Crippen LogP contribution in [0.2, 0.25) is 0 Å². The summed E-state index contributed by atoms with van der Waals surface area (Å²) >= 11 is 0. The van der Waals surface area contributed by atoms with Crippen LogP contribution in [0, 0.1) is 18.7 Å². The van der Waals surface area contributed by atoms with Crippen molar-refractivity contribution in [1.29, 1.82) is 0 Å². The van der Waals surface area contributed by atoms with Gasteiger partial charge in [-0.2, -0.15) is 0 Å². The van der Waals surface area contributed by atoms with Gasteiger partial charge in [0.1, 0.15) is 11.6 Å². The van der Waals surface area contributed by atoms with Gasteiger partial charge in [0, 0.05) is 24.6 Å². The van der Waals surface area contributed by atoms with Gasteiger partial charge < -0.3 is 15.0 Å². The summed E-state index contributed by atoms with van der Waals surface area (Å²) in [4.78, 5) is 26.8. The highest BCUT2D eigenvalue weighted by atomic mass is 19.1. The molecule has 1 aliphatic rings. The number of methoxy groups -OCH3 is 1. The minimum absolute atomic E-state index is 0.0622. The van der Waals surface area contributed by atoms with Gasteiger partial charge in [-0.05, 0) is 61.7 Å². The van der Waals surface area contributed by atoms with E-state index >= 15 is 0 Å². The van der Waals surface area contributed by atoms with E-state index in [0.717, 1.165) is 5.56 Å². The number of carbonyl (C=O) groups is 2. The Hall–Kier alpha value is -2.89. The van der Waals surface area contributed by atoms with E-state index in [1.807, 2.05) is 25.1 Å². The number of anilines is 1. The van der Waals surface area contributed by atoms with Crippen LogP contribution in [0.1, 0.15) is 28.8 Å². The molecule has 0 bridgehead atoms. The Bertz CT molecular complexity index is 828. The molecule has 1 heterocycles. The van der Waals surface area contributed by atoms with Crippen LogP contribution in [0.3, 0.4) is 0 Å². The third kappa shape index (κ3) is 4.45. The molecule has 27 heavy (non-hydrogen) atoms. The maximum atomic E-state index is 13.0. The topological polar surface area (TPSA) is 58.6 Å². The van der Waals surface area contributed by atoms with Gasteiger partial charge >= 0.3 is 0 Å². The second kappa shape index (κ2) is 8.20. The molecule has 1 aliphatic heterocycles. The number of ether oxygens (including phenoxy) is 1. The van der Waals surface area contributed by atoms with Gasteiger partial charge in [0.05, 0.1) is 12.8 Å².